The summed E-state index contributed by atoms with van der Waals surface area (Å²) in [5.74, 6) is -1.17. The van der Waals surface area contributed by atoms with Crippen molar-refractivity contribution in [3.63, 3.8) is 0 Å². The minimum Gasteiger partial charge on any atom is -0.351 e. The van der Waals surface area contributed by atoms with E-state index in [4.69, 9.17) is 0 Å². The largest absolute Gasteiger partial charge is 0.351 e. The average Bonchev–Trinajstić information content (AvgIpc) is 3.06. The van der Waals surface area contributed by atoms with Gasteiger partial charge in [-0.2, -0.15) is 5.26 Å². The molecule has 0 bridgehead atoms. The summed E-state index contributed by atoms with van der Waals surface area (Å²) >= 11 is 1.20. The number of benzene rings is 2. The van der Waals surface area contributed by atoms with Crippen molar-refractivity contribution in [2.45, 2.75) is 25.0 Å². The van der Waals surface area contributed by atoms with Gasteiger partial charge in [-0.3, -0.25) is 14.5 Å². The van der Waals surface area contributed by atoms with Gasteiger partial charge in [0.2, 0.25) is 5.91 Å². The number of thioether (sulfide) groups is 1. The quantitative estimate of drug-likeness (QED) is 0.582. The second kappa shape index (κ2) is 9.39. The lowest BCUT2D eigenvalue weighted by Crippen LogP contribution is -2.32. The third-order valence-corrected chi connectivity index (χ3v) is 5.93. The first-order chi connectivity index (χ1) is 14.0. The Hall–Kier alpha value is -3.11. The van der Waals surface area contributed by atoms with Crippen molar-refractivity contribution in [1.29, 1.82) is 5.26 Å². The zero-order valence-corrected chi connectivity index (χ0v) is 16.7. The Morgan fingerprint density at radius 2 is 1.90 bits per heavy atom. The summed E-state index contributed by atoms with van der Waals surface area (Å²) in [4.78, 5) is 26.8. The van der Waals surface area contributed by atoms with Crippen molar-refractivity contribution >= 4 is 29.3 Å². The molecule has 2 aromatic carbocycles. The van der Waals surface area contributed by atoms with E-state index < -0.39 is 17.0 Å². The van der Waals surface area contributed by atoms with E-state index >= 15 is 0 Å². The lowest BCUT2D eigenvalue weighted by Gasteiger charge is -2.18. The number of nitrogens with zero attached hydrogens (tertiary/aromatic N) is 2. The molecule has 2 amide bonds. The molecule has 0 aromatic heterocycles. The fraction of sp³-hybridized carbons (Fsp3) is 0.227. The van der Waals surface area contributed by atoms with Gasteiger partial charge in [-0.25, -0.2) is 4.39 Å². The number of halogens is 1. The van der Waals surface area contributed by atoms with Crippen LogP contribution in [0.1, 0.15) is 18.9 Å². The molecular weight excluding hydrogens is 389 g/mol. The van der Waals surface area contributed by atoms with E-state index in [0.717, 1.165) is 5.56 Å². The van der Waals surface area contributed by atoms with Gasteiger partial charge in [-0.15, -0.1) is 0 Å². The van der Waals surface area contributed by atoms with E-state index in [9.17, 15) is 19.2 Å². The Morgan fingerprint density at radius 3 is 2.52 bits per heavy atom. The maximum Gasteiger partial charge on any atom is 0.264 e. The van der Waals surface area contributed by atoms with Crippen LogP contribution in [0.15, 0.2) is 65.2 Å². The first kappa shape index (κ1) is 20.6. The molecule has 0 unspecified atom stereocenters. The fourth-order valence-electron chi connectivity index (χ4n) is 2.99. The predicted octanol–water partition coefficient (Wildman–Crippen LogP) is 3.78. The molecule has 3 rings (SSSR count). The molecule has 1 aliphatic heterocycles. The Balaban J connectivity index is 1.84. The van der Waals surface area contributed by atoms with Gasteiger partial charge in [0.1, 0.15) is 22.5 Å². The highest BCUT2D eigenvalue weighted by atomic mass is 32.2. The lowest BCUT2D eigenvalue weighted by atomic mass is 10.1. The normalized spacial score (nSPS) is 17.8. The summed E-state index contributed by atoms with van der Waals surface area (Å²) in [6.45, 7) is 2.24. The third kappa shape index (κ3) is 4.66. The minimum absolute atomic E-state index is 0.114. The van der Waals surface area contributed by atoms with E-state index in [1.54, 1.807) is 0 Å². The van der Waals surface area contributed by atoms with Gasteiger partial charge < -0.3 is 5.32 Å². The average molecular weight is 409 g/mol. The summed E-state index contributed by atoms with van der Waals surface area (Å²) in [5, 5.41) is 12.3. The van der Waals surface area contributed by atoms with Crippen molar-refractivity contribution < 1.29 is 14.0 Å². The molecule has 0 radical (unpaired) electrons. The molecular formula is C22H20FN3O2S. The van der Waals surface area contributed by atoms with E-state index in [-0.39, 0.29) is 16.5 Å². The predicted molar refractivity (Wildman–Crippen MR) is 111 cm³/mol. The van der Waals surface area contributed by atoms with Gasteiger partial charge in [0.05, 0.1) is 5.25 Å². The number of rotatable bonds is 6. The molecule has 1 fully saturated rings. The van der Waals surface area contributed by atoms with Crippen LogP contribution in [0.4, 0.5) is 10.1 Å². The number of hydrogen-bond acceptors (Lipinski definition) is 4. The van der Waals surface area contributed by atoms with Crippen molar-refractivity contribution in [3.05, 3.63) is 76.6 Å². The van der Waals surface area contributed by atoms with Gasteiger partial charge in [-0.05, 0) is 42.7 Å². The summed E-state index contributed by atoms with van der Waals surface area (Å²) in [7, 11) is 0. The van der Waals surface area contributed by atoms with Crippen molar-refractivity contribution in [2.75, 3.05) is 11.4 Å². The van der Waals surface area contributed by atoms with Crippen LogP contribution >= 0.6 is 11.8 Å². The Bertz CT molecular complexity index is 968. The standard InChI is InChI=1S/C22H20FN3O2S/c1-2-19-21(28)26(17-10-8-16(23)9-11-17)22(29-19)18(14-24)20(27)25-13-12-15-6-4-3-5-7-15/h3-11,19H,2,12-13H2,1H3,(H,25,27)/b22-18+/t19-/m1/s1. The molecule has 0 saturated carbocycles. The van der Waals surface area contributed by atoms with Crippen LogP contribution in [-0.2, 0) is 16.0 Å². The highest BCUT2D eigenvalue weighted by Crippen LogP contribution is 2.41. The zero-order valence-electron chi connectivity index (χ0n) is 15.9. The molecule has 7 heteroatoms. The van der Waals surface area contributed by atoms with Gasteiger partial charge in [0, 0.05) is 12.2 Å². The van der Waals surface area contributed by atoms with Gasteiger partial charge >= 0.3 is 0 Å². The smallest absolute Gasteiger partial charge is 0.264 e. The molecule has 1 atom stereocenters. The molecule has 0 aliphatic carbocycles. The van der Waals surface area contributed by atoms with Crippen LogP contribution in [0.5, 0.6) is 0 Å². The van der Waals surface area contributed by atoms with Crippen LogP contribution in [0.2, 0.25) is 0 Å². The molecule has 1 heterocycles. The summed E-state index contributed by atoms with van der Waals surface area (Å²) in [6.07, 6.45) is 1.19. The fourth-order valence-corrected chi connectivity index (χ4v) is 4.19. The highest BCUT2D eigenvalue weighted by Gasteiger charge is 2.39. The van der Waals surface area contributed by atoms with Crippen molar-refractivity contribution in [2.24, 2.45) is 0 Å². The van der Waals surface area contributed by atoms with E-state index in [1.807, 2.05) is 43.3 Å². The Morgan fingerprint density at radius 1 is 1.21 bits per heavy atom. The van der Waals surface area contributed by atoms with Crippen LogP contribution < -0.4 is 10.2 Å². The zero-order chi connectivity index (χ0) is 20.8. The molecule has 148 valence electrons. The molecule has 2 aromatic rings. The number of nitrogens with one attached hydrogen (secondary N) is 1. The second-order valence-corrected chi connectivity index (χ2v) is 7.64. The SMILES string of the molecule is CC[C@H]1S/C(=C(\C#N)C(=O)NCCc2ccccc2)N(c2ccc(F)cc2)C1=O. The summed E-state index contributed by atoms with van der Waals surface area (Å²) in [6, 6.07) is 17.1. The van der Waals surface area contributed by atoms with E-state index in [0.29, 0.717) is 25.1 Å². The lowest BCUT2D eigenvalue weighted by molar-refractivity contribution is -0.117. The van der Waals surface area contributed by atoms with Crippen LogP contribution in [-0.4, -0.2) is 23.6 Å². The molecule has 5 nitrogen and oxygen atoms in total. The number of carbonyl (C=O) groups excluding carboxylic acids is 2. The molecule has 1 aliphatic rings. The van der Waals surface area contributed by atoms with E-state index in [2.05, 4.69) is 5.32 Å². The molecule has 1 saturated heterocycles. The second-order valence-electron chi connectivity index (χ2n) is 6.45. The van der Waals surface area contributed by atoms with Crippen molar-refractivity contribution in [3.8, 4) is 6.07 Å². The van der Waals surface area contributed by atoms with Crippen LogP contribution in [0.25, 0.3) is 0 Å². The number of anilines is 1. The number of hydrogen-bond donors (Lipinski definition) is 1. The van der Waals surface area contributed by atoms with E-state index in [1.165, 1.54) is 40.9 Å². The Labute approximate surface area is 173 Å². The monoisotopic (exact) mass is 409 g/mol. The third-order valence-electron chi connectivity index (χ3n) is 4.50. The maximum absolute atomic E-state index is 13.3. The van der Waals surface area contributed by atoms with Gasteiger partial charge in [0.25, 0.3) is 5.91 Å². The van der Waals surface area contributed by atoms with Crippen molar-refractivity contribution in [1.82, 2.24) is 5.32 Å². The van der Waals surface area contributed by atoms with Gasteiger partial charge in [-0.1, -0.05) is 49.0 Å². The highest BCUT2D eigenvalue weighted by molar-refractivity contribution is 8.05. The van der Waals surface area contributed by atoms with Crippen LogP contribution in [0.3, 0.4) is 0 Å². The number of nitriles is 1. The topological polar surface area (TPSA) is 73.2 Å². The van der Waals surface area contributed by atoms with Gasteiger partial charge in [0.15, 0.2) is 0 Å². The van der Waals surface area contributed by atoms with Crippen LogP contribution in [0, 0.1) is 17.1 Å². The molecule has 29 heavy (non-hydrogen) atoms. The molecule has 1 N–H and O–H groups in total. The number of amides is 2. The maximum atomic E-state index is 13.3. The first-order valence-corrected chi connectivity index (χ1v) is 10.2. The summed E-state index contributed by atoms with van der Waals surface area (Å²) < 4.78 is 13.3. The summed E-state index contributed by atoms with van der Waals surface area (Å²) in [5.41, 5.74) is 1.39. The Kier molecular flexibility index (Phi) is 6.68. The minimum atomic E-state index is -0.525. The molecule has 0 spiro atoms. The number of carbonyl (C=O) groups is 2. The first-order valence-electron chi connectivity index (χ1n) is 9.27.